The van der Waals surface area contributed by atoms with E-state index in [1.165, 1.54) is 25.0 Å². The maximum atomic E-state index is 4.56. The fourth-order valence-corrected chi connectivity index (χ4v) is 6.05. The van der Waals surface area contributed by atoms with E-state index in [0.29, 0.717) is 10.7 Å². The van der Waals surface area contributed by atoms with Crippen molar-refractivity contribution in [3.8, 4) is 0 Å². The van der Waals surface area contributed by atoms with Crippen molar-refractivity contribution in [3.63, 3.8) is 0 Å². The fraction of sp³-hybridized carbons (Fsp3) is 0.812. The highest BCUT2D eigenvalue weighted by atomic mass is 79.9. The van der Waals surface area contributed by atoms with Gasteiger partial charge in [0.15, 0.2) is 0 Å². The van der Waals surface area contributed by atoms with E-state index in [9.17, 15) is 0 Å². The van der Waals surface area contributed by atoms with Crippen LogP contribution in [-0.2, 0) is 12.0 Å². The van der Waals surface area contributed by atoms with Gasteiger partial charge in [-0.05, 0) is 47.0 Å². The molecule has 1 heterocycles. The fourth-order valence-electron chi connectivity index (χ4n) is 3.68. The van der Waals surface area contributed by atoms with E-state index in [2.05, 4.69) is 69.3 Å². The molecular weight excluding hydrogens is 380 g/mol. The lowest BCUT2D eigenvalue weighted by molar-refractivity contribution is 0.204. The van der Waals surface area contributed by atoms with E-state index < -0.39 is 0 Å². The summed E-state index contributed by atoms with van der Waals surface area (Å²) >= 11 is 7.68. The van der Waals surface area contributed by atoms with Gasteiger partial charge in [-0.25, -0.2) is 0 Å². The number of aromatic nitrogens is 2. The van der Waals surface area contributed by atoms with Crippen LogP contribution in [0.5, 0.6) is 0 Å². The zero-order valence-electron chi connectivity index (χ0n) is 13.0. The zero-order valence-corrected chi connectivity index (χ0v) is 16.2. The Morgan fingerprint density at radius 1 is 1.40 bits per heavy atom. The third kappa shape index (κ3) is 3.16. The first-order valence-corrected chi connectivity index (χ1v) is 9.44. The van der Waals surface area contributed by atoms with Gasteiger partial charge in [-0.1, -0.05) is 50.0 Å². The van der Waals surface area contributed by atoms with Crippen molar-refractivity contribution in [2.75, 3.05) is 0 Å². The SMILES string of the molecule is CCCn1ncc(Br)c1C(C)(C)C1CCC(C)CC1Br. The van der Waals surface area contributed by atoms with Crippen LogP contribution >= 0.6 is 31.9 Å². The molecule has 114 valence electrons. The van der Waals surface area contributed by atoms with Crippen molar-refractivity contribution in [1.29, 1.82) is 0 Å². The van der Waals surface area contributed by atoms with Gasteiger partial charge in [0.05, 0.1) is 16.4 Å². The molecule has 20 heavy (non-hydrogen) atoms. The minimum atomic E-state index is 0.138. The van der Waals surface area contributed by atoms with Crippen LogP contribution in [0.2, 0.25) is 0 Å². The Bertz CT molecular complexity index is 453. The number of rotatable bonds is 4. The predicted molar refractivity (Wildman–Crippen MR) is 92.5 cm³/mol. The Kier molecular flexibility index (Phi) is 5.39. The van der Waals surface area contributed by atoms with E-state index in [1.54, 1.807) is 0 Å². The first kappa shape index (κ1) is 16.5. The summed E-state index contributed by atoms with van der Waals surface area (Å²) in [5.74, 6) is 1.51. The summed E-state index contributed by atoms with van der Waals surface area (Å²) in [5.41, 5.74) is 1.50. The van der Waals surface area contributed by atoms with Gasteiger partial charge in [0.1, 0.15) is 0 Å². The van der Waals surface area contributed by atoms with Crippen LogP contribution in [0.25, 0.3) is 0 Å². The molecule has 2 rings (SSSR count). The van der Waals surface area contributed by atoms with Crippen molar-refractivity contribution in [2.24, 2.45) is 11.8 Å². The van der Waals surface area contributed by atoms with Crippen LogP contribution in [0.15, 0.2) is 10.7 Å². The standard InChI is InChI=1S/C16H26Br2N2/c1-5-8-20-15(14(18)10-19-20)16(3,4)12-7-6-11(2)9-13(12)17/h10-13H,5-9H2,1-4H3. The Morgan fingerprint density at radius 2 is 2.10 bits per heavy atom. The van der Waals surface area contributed by atoms with Crippen molar-refractivity contribution in [1.82, 2.24) is 9.78 Å². The molecule has 1 aromatic rings. The van der Waals surface area contributed by atoms with E-state index in [4.69, 9.17) is 0 Å². The Hall–Kier alpha value is 0.170. The van der Waals surface area contributed by atoms with E-state index in [1.807, 2.05) is 6.20 Å². The van der Waals surface area contributed by atoms with Gasteiger partial charge >= 0.3 is 0 Å². The maximum Gasteiger partial charge on any atom is 0.0635 e. The number of hydrogen-bond donors (Lipinski definition) is 0. The molecule has 0 saturated heterocycles. The number of alkyl halides is 1. The molecule has 0 aliphatic heterocycles. The molecule has 1 fully saturated rings. The molecule has 1 aliphatic rings. The van der Waals surface area contributed by atoms with Crippen molar-refractivity contribution in [2.45, 2.75) is 70.2 Å². The monoisotopic (exact) mass is 404 g/mol. The second kappa shape index (κ2) is 6.51. The quantitative estimate of drug-likeness (QED) is 0.601. The average Bonchev–Trinajstić information content (AvgIpc) is 2.71. The summed E-state index contributed by atoms with van der Waals surface area (Å²) in [7, 11) is 0. The summed E-state index contributed by atoms with van der Waals surface area (Å²) in [6.45, 7) is 10.4. The molecule has 0 aromatic carbocycles. The average molecular weight is 406 g/mol. The third-order valence-electron chi connectivity index (χ3n) is 4.80. The largest absolute Gasteiger partial charge is 0.268 e. The smallest absolute Gasteiger partial charge is 0.0635 e. The van der Waals surface area contributed by atoms with E-state index in [0.717, 1.165) is 23.4 Å². The Labute approximate surface area is 140 Å². The van der Waals surface area contributed by atoms with Gasteiger partial charge in [0, 0.05) is 16.8 Å². The predicted octanol–water partition coefficient (Wildman–Crippen LogP) is 5.53. The number of halogens is 2. The van der Waals surface area contributed by atoms with Gasteiger partial charge < -0.3 is 0 Å². The van der Waals surface area contributed by atoms with Crippen LogP contribution in [0, 0.1) is 11.8 Å². The third-order valence-corrected chi connectivity index (χ3v) is 6.39. The molecule has 4 heteroatoms. The van der Waals surface area contributed by atoms with Gasteiger partial charge in [0.2, 0.25) is 0 Å². The van der Waals surface area contributed by atoms with E-state index >= 15 is 0 Å². The Morgan fingerprint density at radius 3 is 2.70 bits per heavy atom. The molecule has 0 radical (unpaired) electrons. The van der Waals surface area contributed by atoms with Crippen LogP contribution in [0.4, 0.5) is 0 Å². The first-order chi connectivity index (χ1) is 9.37. The molecule has 2 nitrogen and oxygen atoms in total. The molecule has 1 aliphatic carbocycles. The highest BCUT2D eigenvalue weighted by molar-refractivity contribution is 9.10. The lowest BCUT2D eigenvalue weighted by atomic mass is 9.67. The molecule has 0 bridgehead atoms. The normalized spacial score (nSPS) is 27.8. The molecule has 3 atom stereocenters. The highest BCUT2D eigenvalue weighted by Crippen LogP contribution is 2.46. The lowest BCUT2D eigenvalue weighted by Crippen LogP contribution is -2.40. The van der Waals surface area contributed by atoms with Gasteiger partial charge in [-0.3, -0.25) is 4.68 Å². The molecular formula is C16H26Br2N2. The van der Waals surface area contributed by atoms with Crippen LogP contribution < -0.4 is 0 Å². The van der Waals surface area contributed by atoms with Gasteiger partial charge in [-0.2, -0.15) is 5.10 Å². The molecule has 0 N–H and O–H groups in total. The second-order valence-electron chi connectivity index (χ2n) is 6.83. The summed E-state index contributed by atoms with van der Waals surface area (Å²) in [6.07, 6.45) is 7.01. The highest BCUT2D eigenvalue weighted by Gasteiger charge is 2.41. The summed E-state index contributed by atoms with van der Waals surface area (Å²) in [4.78, 5) is 0.609. The maximum absolute atomic E-state index is 4.56. The molecule has 0 spiro atoms. The van der Waals surface area contributed by atoms with Crippen molar-refractivity contribution < 1.29 is 0 Å². The van der Waals surface area contributed by atoms with Crippen molar-refractivity contribution >= 4 is 31.9 Å². The van der Waals surface area contributed by atoms with Crippen LogP contribution in [0.3, 0.4) is 0 Å². The molecule has 1 aromatic heterocycles. The topological polar surface area (TPSA) is 17.8 Å². The molecule has 1 saturated carbocycles. The van der Waals surface area contributed by atoms with Crippen LogP contribution in [-0.4, -0.2) is 14.6 Å². The molecule has 0 amide bonds. The summed E-state index contributed by atoms with van der Waals surface area (Å²) in [5, 5.41) is 4.56. The minimum absolute atomic E-state index is 0.138. The van der Waals surface area contributed by atoms with E-state index in [-0.39, 0.29) is 5.41 Å². The summed E-state index contributed by atoms with van der Waals surface area (Å²) in [6, 6.07) is 0. The number of aryl methyl sites for hydroxylation is 1. The second-order valence-corrected chi connectivity index (χ2v) is 8.86. The summed E-state index contributed by atoms with van der Waals surface area (Å²) < 4.78 is 3.36. The van der Waals surface area contributed by atoms with Gasteiger partial charge in [-0.15, -0.1) is 0 Å². The lowest BCUT2D eigenvalue weighted by Gasteiger charge is -2.42. The number of nitrogens with zero attached hydrogens (tertiary/aromatic N) is 2. The Balaban J connectivity index is 2.32. The van der Waals surface area contributed by atoms with Crippen molar-refractivity contribution in [3.05, 3.63) is 16.4 Å². The van der Waals surface area contributed by atoms with Gasteiger partial charge in [0.25, 0.3) is 0 Å². The van der Waals surface area contributed by atoms with Crippen LogP contribution in [0.1, 0.15) is 59.1 Å². The minimum Gasteiger partial charge on any atom is -0.268 e. The molecule has 3 unspecified atom stereocenters. The first-order valence-electron chi connectivity index (χ1n) is 7.73. The number of hydrogen-bond acceptors (Lipinski definition) is 1. The zero-order chi connectivity index (χ0) is 14.9.